The molecule has 0 spiro atoms. The van der Waals surface area contributed by atoms with Crippen LogP contribution in [0.25, 0.3) is 0 Å². The summed E-state index contributed by atoms with van der Waals surface area (Å²) in [5.74, 6) is 0.644. The van der Waals surface area contributed by atoms with Crippen LogP contribution < -0.4 is 0 Å². The van der Waals surface area contributed by atoms with Crippen LogP contribution in [0, 0.1) is 0 Å². The molecule has 0 unspecified atom stereocenters. The minimum Gasteiger partial charge on any atom is -0.481 e. The van der Waals surface area contributed by atoms with Gasteiger partial charge < -0.3 is 4.74 Å². The van der Waals surface area contributed by atoms with E-state index < -0.39 is 0 Å². The molecular formula is C16H14N2O. The third kappa shape index (κ3) is 2.27. The molecule has 3 rings (SSSR count). The molecule has 1 aliphatic rings. The molecule has 0 saturated carbocycles. The highest BCUT2D eigenvalue weighted by Crippen LogP contribution is 2.23. The molecule has 0 saturated heterocycles. The first-order chi connectivity index (χ1) is 9.38. The molecule has 0 atom stereocenters. The van der Waals surface area contributed by atoms with Crippen LogP contribution in [0.1, 0.15) is 11.1 Å². The largest absolute Gasteiger partial charge is 0.481 e. The van der Waals surface area contributed by atoms with E-state index in [1.807, 2.05) is 42.5 Å². The Labute approximate surface area is 112 Å². The zero-order valence-electron chi connectivity index (χ0n) is 10.7. The molecule has 2 aromatic carbocycles. The second kappa shape index (κ2) is 5.06. The number of nitrogens with zero attached hydrogens (tertiary/aromatic N) is 2. The lowest BCUT2D eigenvalue weighted by atomic mass is 10.1. The Hall–Kier alpha value is -2.42. The van der Waals surface area contributed by atoms with E-state index in [9.17, 15) is 0 Å². The first-order valence-corrected chi connectivity index (χ1v) is 6.19. The molecule has 0 fully saturated rings. The number of hydrogen-bond acceptors (Lipinski definition) is 3. The van der Waals surface area contributed by atoms with Gasteiger partial charge in [-0.3, -0.25) is 4.99 Å². The van der Waals surface area contributed by atoms with E-state index in [4.69, 9.17) is 9.73 Å². The fourth-order valence-corrected chi connectivity index (χ4v) is 2.13. The maximum Gasteiger partial charge on any atom is 0.218 e. The monoisotopic (exact) mass is 250 g/mol. The summed E-state index contributed by atoms with van der Waals surface area (Å²) in [6.07, 6.45) is 0. The Bertz CT molecular complexity index is 645. The Morgan fingerprint density at radius 1 is 0.947 bits per heavy atom. The number of methoxy groups -OCH3 is 1. The van der Waals surface area contributed by atoms with Gasteiger partial charge >= 0.3 is 0 Å². The van der Waals surface area contributed by atoms with Gasteiger partial charge in [-0.25, -0.2) is 4.99 Å². The number of benzene rings is 2. The van der Waals surface area contributed by atoms with E-state index in [2.05, 4.69) is 17.1 Å². The lowest BCUT2D eigenvalue weighted by Gasteiger charge is -2.04. The molecule has 0 aromatic heterocycles. The number of rotatable bonds is 1. The Balaban J connectivity index is 2.12. The van der Waals surface area contributed by atoms with Crippen molar-refractivity contribution < 1.29 is 4.74 Å². The van der Waals surface area contributed by atoms with Gasteiger partial charge in [0.15, 0.2) is 0 Å². The molecule has 3 nitrogen and oxygen atoms in total. The predicted molar refractivity (Wildman–Crippen MR) is 77.5 cm³/mol. The first kappa shape index (κ1) is 11.7. The van der Waals surface area contributed by atoms with Crippen molar-refractivity contribution in [1.29, 1.82) is 0 Å². The molecule has 0 N–H and O–H groups in total. The first-order valence-electron chi connectivity index (χ1n) is 6.19. The van der Waals surface area contributed by atoms with Crippen LogP contribution in [0.15, 0.2) is 64.6 Å². The van der Waals surface area contributed by atoms with Crippen molar-refractivity contribution in [2.45, 2.75) is 0 Å². The minimum absolute atomic E-state index is 0.530. The van der Waals surface area contributed by atoms with Crippen molar-refractivity contribution in [1.82, 2.24) is 0 Å². The standard InChI is InChI=1S/C16H14N2O/c1-19-16-13-9-5-6-10-14(13)18-15(11-17-16)12-7-3-2-4-8-12/h2-10H,11H2,1H3. The molecule has 0 aliphatic carbocycles. The van der Waals surface area contributed by atoms with Gasteiger partial charge in [-0.1, -0.05) is 42.5 Å². The zero-order valence-corrected chi connectivity index (χ0v) is 10.7. The van der Waals surface area contributed by atoms with Gasteiger partial charge in [-0.2, -0.15) is 0 Å². The van der Waals surface area contributed by atoms with E-state index in [0.717, 1.165) is 22.5 Å². The van der Waals surface area contributed by atoms with Crippen molar-refractivity contribution in [3.05, 3.63) is 65.7 Å². The van der Waals surface area contributed by atoms with Crippen molar-refractivity contribution in [2.75, 3.05) is 13.7 Å². The van der Waals surface area contributed by atoms with E-state index in [-0.39, 0.29) is 0 Å². The van der Waals surface area contributed by atoms with Gasteiger partial charge in [0.1, 0.15) is 0 Å². The highest BCUT2D eigenvalue weighted by Gasteiger charge is 2.14. The summed E-state index contributed by atoms with van der Waals surface area (Å²) < 4.78 is 5.36. The van der Waals surface area contributed by atoms with Gasteiger partial charge in [0.25, 0.3) is 0 Å². The molecule has 0 amide bonds. The summed E-state index contributed by atoms with van der Waals surface area (Å²) in [4.78, 5) is 9.23. The van der Waals surface area contributed by atoms with Gasteiger partial charge in [-0.05, 0) is 17.7 Å². The maximum atomic E-state index is 5.36. The molecule has 0 radical (unpaired) electrons. The smallest absolute Gasteiger partial charge is 0.218 e. The molecule has 1 heterocycles. The molecule has 3 heteroatoms. The summed E-state index contributed by atoms with van der Waals surface area (Å²) in [6.45, 7) is 0.530. The predicted octanol–water partition coefficient (Wildman–Crippen LogP) is 3.21. The second-order valence-corrected chi connectivity index (χ2v) is 4.27. The summed E-state index contributed by atoms with van der Waals surface area (Å²) in [6, 6.07) is 18.0. The van der Waals surface area contributed by atoms with E-state index in [0.29, 0.717) is 12.4 Å². The Kier molecular flexibility index (Phi) is 3.11. The van der Waals surface area contributed by atoms with Crippen molar-refractivity contribution in [3.8, 4) is 0 Å². The Morgan fingerprint density at radius 2 is 1.68 bits per heavy atom. The number of ether oxygens (including phenoxy) is 1. The van der Waals surface area contributed by atoms with Crippen LogP contribution in [0.5, 0.6) is 0 Å². The van der Waals surface area contributed by atoms with Gasteiger partial charge in [0.2, 0.25) is 5.90 Å². The number of para-hydroxylation sites is 1. The van der Waals surface area contributed by atoms with Crippen molar-refractivity contribution in [3.63, 3.8) is 0 Å². The van der Waals surface area contributed by atoms with Crippen LogP contribution in [0.3, 0.4) is 0 Å². The summed E-state index contributed by atoms with van der Waals surface area (Å²) in [5, 5.41) is 0. The highest BCUT2D eigenvalue weighted by molar-refractivity contribution is 6.09. The lowest BCUT2D eigenvalue weighted by Crippen LogP contribution is -2.07. The van der Waals surface area contributed by atoms with Crippen LogP contribution in [-0.2, 0) is 4.74 Å². The SMILES string of the molecule is COC1=NCC(c2ccccc2)=Nc2ccccc21. The van der Waals surface area contributed by atoms with Crippen molar-refractivity contribution in [2.24, 2.45) is 9.98 Å². The summed E-state index contributed by atoms with van der Waals surface area (Å²) in [5.41, 5.74) is 3.90. The normalized spacial score (nSPS) is 13.9. The maximum absolute atomic E-state index is 5.36. The topological polar surface area (TPSA) is 34.0 Å². The van der Waals surface area contributed by atoms with E-state index in [1.165, 1.54) is 0 Å². The van der Waals surface area contributed by atoms with Crippen LogP contribution in [-0.4, -0.2) is 25.3 Å². The zero-order chi connectivity index (χ0) is 13.1. The third-order valence-corrected chi connectivity index (χ3v) is 3.06. The van der Waals surface area contributed by atoms with Crippen LogP contribution in [0.2, 0.25) is 0 Å². The number of hydrogen-bond donors (Lipinski definition) is 0. The summed E-state index contributed by atoms with van der Waals surface area (Å²) >= 11 is 0. The highest BCUT2D eigenvalue weighted by atomic mass is 16.5. The quantitative estimate of drug-likeness (QED) is 0.765. The molecule has 94 valence electrons. The van der Waals surface area contributed by atoms with E-state index >= 15 is 0 Å². The third-order valence-electron chi connectivity index (χ3n) is 3.06. The molecule has 0 bridgehead atoms. The molecule has 1 aliphatic heterocycles. The van der Waals surface area contributed by atoms with Gasteiger partial charge in [0, 0.05) is 0 Å². The van der Waals surface area contributed by atoms with Crippen molar-refractivity contribution >= 4 is 17.3 Å². The van der Waals surface area contributed by atoms with Gasteiger partial charge in [-0.15, -0.1) is 0 Å². The Morgan fingerprint density at radius 3 is 2.47 bits per heavy atom. The van der Waals surface area contributed by atoms with E-state index in [1.54, 1.807) is 7.11 Å². The van der Waals surface area contributed by atoms with Gasteiger partial charge in [0.05, 0.1) is 30.6 Å². The average molecular weight is 250 g/mol. The molecule has 19 heavy (non-hydrogen) atoms. The molecule has 2 aromatic rings. The lowest BCUT2D eigenvalue weighted by molar-refractivity contribution is 0.404. The summed E-state index contributed by atoms with van der Waals surface area (Å²) in [7, 11) is 1.64. The number of aliphatic imine (C=N–C) groups is 2. The molecular weight excluding hydrogens is 236 g/mol. The average Bonchev–Trinajstić information content (AvgIpc) is 2.67. The fraction of sp³-hybridized carbons (Fsp3) is 0.125. The van der Waals surface area contributed by atoms with Crippen LogP contribution >= 0.6 is 0 Å². The minimum atomic E-state index is 0.530. The second-order valence-electron chi connectivity index (χ2n) is 4.27. The van der Waals surface area contributed by atoms with Crippen LogP contribution in [0.4, 0.5) is 5.69 Å². The number of fused-ring (bicyclic) bond motifs is 1. The fourth-order valence-electron chi connectivity index (χ4n) is 2.13.